The van der Waals surface area contributed by atoms with Gasteiger partial charge in [-0.15, -0.1) is 0 Å². The minimum atomic E-state index is -0.222. The van der Waals surface area contributed by atoms with E-state index in [9.17, 15) is 0 Å². The van der Waals surface area contributed by atoms with Gasteiger partial charge in [0, 0.05) is 33.9 Å². The van der Waals surface area contributed by atoms with Crippen LogP contribution in [-0.4, -0.2) is 0 Å². The summed E-state index contributed by atoms with van der Waals surface area (Å²) in [5.74, 6) is 0.435. The molecule has 8 aromatic carbocycles. The molecule has 8 aromatic rings. The third-order valence-electron chi connectivity index (χ3n) is 12.6. The van der Waals surface area contributed by atoms with Crippen molar-refractivity contribution in [3.63, 3.8) is 0 Å². The first-order valence-corrected chi connectivity index (χ1v) is 20.9. The van der Waals surface area contributed by atoms with Gasteiger partial charge in [-0.3, -0.25) is 0 Å². The minimum Gasteiger partial charge on any atom is -0.310 e. The predicted octanol–water partition coefficient (Wildman–Crippen LogP) is 16.1. The van der Waals surface area contributed by atoms with Crippen molar-refractivity contribution in [3.8, 4) is 33.4 Å². The summed E-state index contributed by atoms with van der Waals surface area (Å²) in [6, 6.07) is 69.2. The summed E-state index contributed by atoms with van der Waals surface area (Å²) < 4.78 is 0. The maximum absolute atomic E-state index is 2.47. The van der Waals surface area contributed by atoms with Crippen molar-refractivity contribution in [2.75, 3.05) is 9.80 Å². The van der Waals surface area contributed by atoms with Gasteiger partial charge in [0.2, 0.25) is 0 Å². The van der Waals surface area contributed by atoms with Gasteiger partial charge in [-0.05, 0) is 142 Å². The van der Waals surface area contributed by atoms with E-state index in [1.807, 2.05) is 0 Å². The second-order valence-electron chi connectivity index (χ2n) is 16.7. The molecule has 0 spiro atoms. The summed E-state index contributed by atoms with van der Waals surface area (Å²) in [5, 5.41) is 0. The van der Waals surface area contributed by atoms with E-state index in [1.165, 1.54) is 78.3 Å². The van der Waals surface area contributed by atoms with Gasteiger partial charge in [0.25, 0.3) is 0 Å². The number of nitrogens with zero attached hydrogens (tertiary/aromatic N) is 2. The zero-order valence-corrected chi connectivity index (χ0v) is 34.2. The van der Waals surface area contributed by atoms with E-state index < -0.39 is 0 Å². The largest absolute Gasteiger partial charge is 0.310 e. The van der Waals surface area contributed by atoms with E-state index >= 15 is 0 Å². The number of aryl methyl sites for hydroxylation is 1. The highest BCUT2D eigenvalue weighted by Gasteiger charge is 2.37. The van der Waals surface area contributed by atoms with Crippen molar-refractivity contribution in [3.05, 3.63) is 222 Å². The van der Waals surface area contributed by atoms with Gasteiger partial charge in [-0.25, -0.2) is 0 Å². The number of rotatable bonds is 8. The molecule has 0 N–H and O–H groups in total. The second-order valence-corrected chi connectivity index (χ2v) is 16.7. The molecule has 2 heteroatoms. The van der Waals surface area contributed by atoms with Gasteiger partial charge in [-0.1, -0.05) is 160 Å². The molecular formula is C57H48N2. The smallest absolute Gasteiger partial charge is 0.0502 e. The number of para-hydroxylation sites is 1. The lowest BCUT2D eigenvalue weighted by atomic mass is 9.82. The van der Waals surface area contributed by atoms with Crippen molar-refractivity contribution >= 4 is 40.2 Å². The topological polar surface area (TPSA) is 6.48 Å². The molecule has 59 heavy (non-hydrogen) atoms. The summed E-state index contributed by atoms with van der Waals surface area (Å²) in [7, 11) is 0. The highest BCUT2D eigenvalue weighted by Crippen LogP contribution is 2.53. The molecule has 2 nitrogen and oxygen atoms in total. The van der Waals surface area contributed by atoms with Crippen molar-refractivity contribution in [1.82, 2.24) is 0 Å². The van der Waals surface area contributed by atoms with Crippen LogP contribution in [0.1, 0.15) is 60.9 Å². The van der Waals surface area contributed by atoms with Crippen LogP contribution in [0.15, 0.2) is 194 Å². The number of hydrogen-bond acceptors (Lipinski definition) is 2. The summed E-state index contributed by atoms with van der Waals surface area (Å²) in [6.45, 7) is 9.29. The van der Waals surface area contributed by atoms with Crippen molar-refractivity contribution in [2.45, 2.75) is 45.4 Å². The first-order valence-electron chi connectivity index (χ1n) is 20.9. The van der Waals surface area contributed by atoms with E-state index in [4.69, 9.17) is 0 Å². The molecule has 0 heterocycles. The van der Waals surface area contributed by atoms with E-state index in [0.717, 1.165) is 23.5 Å². The zero-order chi connectivity index (χ0) is 40.1. The molecule has 2 aliphatic rings. The van der Waals surface area contributed by atoms with E-state index in [1.54, 1.807) is 0 Å². The molecule has 0 radical (unpaired) electrons. The van der Waals surface area contributed by atoms with Crippen molar-refractivity contribution in [1.29, 1.82) is 0 Å². The van der Waals surface area contributed by atoms with Crippen molar-refractivity contribution < 1.29 is 0 Å². The Kier molecular flexibility index (Phi) is 9.14. The van der Waals surface area contributed by atoms with E-state index in [-0.39, 0.29) is 5.41 Å². The van der Waals surface area contributed by atoms with Crippen LogP contribution in [-0.2, 0) is 5.41 Å². The van der Waals surface area contributed by atoms with Gasteiger partial charge in [0.15, 0.2) is 0 Å². The molecule has 0 aromatic heterocycles. The molecule has 0 amide bonds. The standard InChI is InChI=1S/C57H48N2/c1-39-21-29-47(30-22-39)58(48-31-27-44(28-32-48)43-25-23-42(24-26-43)41-14-7-5-8-15-41)49-33-35-51-52-36-34-50(38-54(52)57(3,4)53(51)37-49)59(46-18-9-6-10-19-46)55-20-12-17-45-16-11-13-40(2)56(45)55/h5-12,14-38,40H,13H2,1-4H3. The van der Waals surface area contributed by atoms with Crippen LogP contribution < -0.4 is 9.80 Å². The Bertz CT molecular complexity index is 2810. The zero-order valence-electron chi connectivity index (χ0n) is 34.2. The van der Waals surface area contributed by atoms with Crippen molar-refractivity contribution in [2.24, 2.45) is 0 Å². The van der Waals surface area contributed by atoms with Gasteiger partial charge < -0.3 is 9.80 Å². The highest BCUT2D eigenvalue weighted by atomic mass is 15.1. The SMILES string of the molecule is Cc1ccc(N(c2ccc(-c3ccc(-c4ccccc4)cc3)cc2)c2ccc3c(c2)C(C)(C)c2cc(N(c4ccccc4)c4cccc5c4C(C)CC=C5)ccc2-3)cc1. The second kappa shape index (κ2) is 14.8. The highest BCUT2D eigenvalue weighted by molar-refractivity contribution is 5.89. The average Bonchev–Trinajstić information content (AvgIpc) is 3.50. The van der Waals surface area contributed by atoms with E-state index in [0.29, 0.717) is 5.92 Å². The molecule has 1 unspecified atom stereocenters. The van der Waals surface area contributed by atoms with Crippen LogP contribution in [0, 0.1) is 6.92 Å². The molecule has 0 bridgehead atoms. The minimum absolute atomic E-state index is 0.222. The fraction of sp³-hybridized carbons (Fsp3) is 0.123. The summed E-state index contributed by atoms with van der Waals surface area (Å²) in [5.41, 5.74) is 21.0. The molecule has 10 rings (SSSR count). The Morgan fingerprint density at radius 2 is 0.932 bits per heavy atom. The summed E-state index contributed by atoms with van der Waals surface area (Å²) >= 11 is 0. The molecule has 1 atom stereocenters. The first-order chi connectivity index (χ1) is 28.8. The number of allylic oxidation sites excluding steroid dienone is 1. The lowest BCUT2D eigenvalue weighted by Gasteiger charge is -2.32. The van der Waals surface area contributed by atoms with Crippen LogP contribution >= 0.6 is 0 Å². The van der Waals surface area contributed by atoms with Crippen LogP contribution in [0.25, 0.3) is 39.5 Å². The lowest BCUT2D eigenvalue weighted by molar-refractivity contribution is 0.660. The molecule has 0 saturated heterocycles. The molecule has 0 saturated carbocycles. The number of benzene rings is 8. The normalized spacial score (nSPS) is 14.6. The monoisotopic (exact) mass is 760 g/mol. The lowest BCUT2D eigenvalue weighted by Crippen LogP contribution is -2.18. The molecular weight excluding hydrogens is 713 g/mol. The summed E-state index contributed by atoms with van der Waals surface area (Å²) in [6.07, 6.45) is 5.66. The Balaban J connectivity index is 1.02. The fourth-order valence-electron chi connectivity index (χ4n) is 9.39. The van der Waals surface area contributed by atoms with Gasteiger partial charge in [0.05, 0.1) is 5.69 Å². The molecule has 286 valence electrons. The van der Waals surface area contributed by atoms with E-state index in [2.05, 4.69) is 238 Å². The number of hydrogen-bond donors (Lipinski definition) is 0. The van der Waals surface area contributed by atoms with Gasteiger partial charge in [0.1, 0.15) is 0 Å². The number of anilines is 6. The molecule has 2 aliphatic carbocycles. The number of fused-ring (bicyclic) bond motifs is 4. The Morgan fingerprint density at radius 1 is 0.458 bits per heavy atom. The maximum atomic E-state index is 2.47. The average molecular weight is 761 g/mol. The molecule has 0 fully saturated rings. The molecule has 0 aliphatic heterocycles. The Labute approximate surface area is 349 Å². The predicted molar refractivity (Wildman–Crippen MR) is 251 cm³/mol. The Hall–Kier alpha value is -6.90. The van der Waals surface area contributed by atoms with Crippen LogP contribution in [0.3, 0.4) is 0 Å². The third-order valence-corrected chi connectivity index (χ3v) is 12.6. The third kappa shape index (κ3) is 6.55. The van der Waals surface area contributed by atoms with Gasteiger partial charge in [-0.2, -0.15) is 0 Å². The maximum Gasteiger partial charge on any atom is 0.0502 e. The summed E-state index contributed by atoms with van der Waals surface area (Å²) in [4.78, 5) is 4.87. The quantitative estimate of drug-likeness (QED) is 0.152. The fourth-order valence-corrected chi connectivity index (χ4v) is 9.39. The Morgan fingerprint density at radius 3 is 1.53 bits per heavy atom. The van der Waals surface area contributed by atoms with Gasteiger partial charge >= 0.3 is 0 Å². The first kappa shape index (κ1) is 36.4. The van der Waals surface area contributed by atoms with Crippen LogP contribution in [0.4, 0.5) is 34.1 Å². The van der Waals surface area contributed by atoms with Crippen LogP contribution in [0.5, 0.6) is 0 Å². The van der Waals surface area contributed by atoms with Crippen LogP contribution in [0.2, 0.25) is 0 Å².